The largest absolute Gasteiger partial charge is 0.327 e. The predicted molar refractivity (Wildman–Crippen MR) is 111 cm³/mol. The lowest BCUT2D eigenvalue weighted by molar-refractivity contribution is -0.141. The number of amides is 3. The molecule has 156 valence electrons. The molecule has 1 unspecified atom stereocenters. The molecule has 1 N–H and O–H groups in total. The molecule has 0 spiro atoms. The first-order chi connectivity index (χ1) is 14.5. The zero-order valence-corrected chi connectivity index (χ0v) is 16.6. The van der Waals surface area contributed by atoms with Gasteiger partial charge in [-0.15, -0.1) is 0 Å². The lowest BCUT2D eigenvalue weighted by Crippen LogP contribution is -2.43. The minimum atomic E-state index is -0.776. The van der Waals surface area contributed by atoms with Gasteiger partial charge >= 0.3 is 0 Å². The molecule has 0 bridgehead atoms. The Morgan fingerprint density at radius 2 is 1.70 bits per heavy atom. The SMILES string of the molecule is O=C(Nc1ccc(N2CCCC2=O)c(F)c1)C(c1ccccc1)N1CCCCC1=O. The second-order valence-electron chi connectivity index (χ2n) is 7.66. The highest BCUT2D eigenvalue weighted by Crippen LogP contribution is 2.29. The Balaban J connectivity index is 1.57. The number of hydrogen-bond acceptors (Lipinski definition) is 3. The molecule has 0 aromatic heterocycles. The predicted octanol–water partition coefficient (Wildman–Crippen LogP) is 3.64. The van der Waals surface area contributed by atoms with Gasteiger partial charge in [0, 0.05) is 31.6 Å². The van der Waals surface area contributed by atoms with Crippen molar-refractivity contribution >= 4 is 29.1 Å². The van der Waals surface area contributed by atoms with Crippen molar-refractivity contribution in [3.63, 3.8) is 0 Å². The molecule has 2 aliphatic heterocycles. The standard InChI is InChI=1S/C23H24FN3O3/c24-18-15-17(11-12-19(18)26-14-6-10-20(26)28)25-23(30)22(16-7-2-1-3-8-16)27-13-5-4-9-21(27)29/h1-3,7-8,11-12,15,22H,4-6,9-10,13-14H2,(H,25,30). The fraction of sp³-hybridized carbons (Fsp3) is 0.348. The number of nitrogens with zero attached hydrogens (tertiary/aromatic N) is 2. The average molecular weight is 409 g/mol. The summed E-state index contributed by atoms with van der Waals surface area (Å²) in [7, 11) is 0. The van der Waals surface area contributed by atoms with Crippen molar-refractivity contribution in [1.29, 1.82) is 0 Å². The fourth-order valence-electron chi connectivity index (χ4n) is 4.12. The van der Waals surface area contributed by atoms with Crippen LogP contribution in [0.3, 0.4) is 0 Å². The summed E-state index contributed by atoms with van der Waals surface area (Å²) in [5.74, 6) is -1.10. The van der Waals surface area contributed by atoms with Crippen molar-refractivity contribution in [2.24, 2.45) is 0 Å². The summed E-state index contributed by atoms with van der Waals surface area (Å²) in [6, 6.07) is 12.7. The van der Waals surface area contributed by atoms with Crippen LogP contribution in [0.5, 0.6) is 0 Å². The zero-order valence-electron chi connectivity index (χ0n) is 16.6. The number of rotatable bonds is 5. The van der Waals surface area contributed by atoms with Crippen LogP contribution in [-0.2, 0) is 14.4 Å². The first-order valence-electron chi connectivity index (χ1n) is 10.3. The van der Waals surface area contributed by atoms with E-state index in [4.69, 9.17) is 0 Å². The third kappa shape index (κ3) is 4.06. The Morgan fingerprint density at radius 1 is 0.933 bits per heavy atom. The summed E-state index contributed by atoms with van der Waals surface area (Å²) in [5.41, 5.74) is 1.23. The highest BCUT2D eigenvalue weighted by Gasteiger charge is 2.33. The molecular weight excluding hydrogens is 385 g/mol. The van der Waals surface area contributed by atoms with Crippen LogP contribution >= 0.6 is 0 Å². The van der Waals surface area contributed by atoms with Gasteiger partial charge in [0.1, 0.15) is 11.9 Å². The molecular formula is C23H24FN3O3. The van der Waals surface area contributed by atoms with Crippen LogP contribution in [0.15, 0.2) is 48.5 Å². The number of halogens is 1. The van der Waals surface area contributed by atoms with E-state index in [1.54, 1.807) is 11.0 Å². The number of carbonyl (C=O) groups is 3. The Kier molecular flexibility index (Phi) is 5.79. The molecule has 7 heteroatoms. The van der Waals surface area contributed by atoms with Crippen molar-refractivity contribution < 1.29 is 18.8 Å². The quantitative estimate of drug-likeness (QED) is 0.820. The molecule has 3 amide bonds. The van der Waals surface area contributed by atoms with E-state index in [0.29, 0.717) is 43.6 Å². The number of piperidine rings is 1. The van der Waals surface area contributed by atoms with Gasteiger partial charge in [0.15, 0.2) is 0 Å². The molecule has 0 aliphatic carbocycles. The van der Waals surface area contributed by atoms with E-state index in [1.165, 1.54) is 17.0 Å². The van der Waals surface area contributed by atoms with Crippen LogP contribution < -0.4 is 10.2 Å². The van der Waals surface area contributed by atoms with Crippen LogP contribution in [0.25, 0.3) is 0 Å². The number of hydrogen-bond donors (Lipinski definition) is 1. The molecule has 0 saturated carbocycles. The molecule has 0 radical (unpaired) electrons. The van der Waals surface area contributed by atoms with Crippen molar-refractivity contribution in [3.05, 3.63) is 59.9 Å². The summed E-state index contributed by atoms with van der Waals surface area (Å²) >= 11 is 0. The maximum absolute atomic E-state index is 14.7. The van der Waals surface area contributed by atoms with E-state index in [1.807, 2.05) is 30.3 Å². The second kappa shape index (κ2) is 8.65. The van der Waals surface area contributed by atoms with Gasteiger partial charge in [0.05, 0.1) is 5.69 Å². The molecule has 2 aromatic rings. The molecule has 2 heterocycles. The summed E-state index contributed by atoms with van der Waals surface area (Å²) < 4.78 is 14.7. The molecule has 30 heavy (non-hydrogen) atoms. The number of nitrogens with one attached hydrogen (secondary N) is 1. The van der Waals surface area contributed by atoms with Crippen molar-refractivity contribution in [2.45, 2.75) is 38.1 Å². The first-order valence-corrected chi connectivity index (χ1v) is 10.3. The van der Waals surface area contributed by atoms with Gasteiger partial charge in [-0.2, -0.15) is 0 Å². The average Bonchev–Trinajstić information content (AvgIpc) is 3.16. The minimum Gasteiger partial charge on any atom is -0.327 e. The molecule has 6 nitrogen and oxygen atoms in total. The van der Waals surface area contributed by atoms with E-state index >= 15 is 0 Å². The van der Waals surface area contributed by atoms with Crippen molar-refractivity contribution in [2.75, 3.05) is 23.3 Å². The zero-order chi connectivity index (χ0) is 21.1. The van der Waals surface area contributed by atoms with E-state index in [2.05, 4.69) is 5.32 Å². The lowest BCUT2D eigenvalue weighted by Gasteiger charge is -2.34. The third-order valence-electron chi connectivity index (χ3n) is 5.61. The fourth-order valence-corrected chi connectivity index (χ4v) is 4.12. The first kappa shape index (κ1) is 20.1. The number of likely N-dealkylation sites (tertiary alicyclic amines) is 1. The summed E-state index contributed by atoms with van der Waals surface area (Å²) in [4.78, 5) is 40.6. The Hall–Kier alpha value is -3.22. The molecule has 2 saturated heterocycles. The molecule has 1 atom stereocenters. The topological polar surface area (TPSA) is 69.7 Å². The van der Waals surface area contributed by atoms with Gasteiger partial charge in [-0.3, -0.25) is 14.4 Å². The van der Waals surface area contributed by atoms with Crippen LogP contribution in [0, 0.1) is 5.82 Å². The van der Waals surface area contributed by atoms with Gasteiger partial charge in [0.2, 0.25) is 11.8 Å². The second-order valence-corrected chi connectivity index (χ2v) is 7.66. The van der Waals surface area contributed by atoms with Crippen LogP contribution in [0.4, 0.5) is 15.8 Å². The summed E-state index contributed by atoms with van der Waals surface area (Å²) in [6.07, 6.45) is 3.21. The highest BCUT2D eigenvalue weighted by atomic mass is 19.1. The van der Waals surface area contributed by atoms with Crippen molar-refractivity contribution in [3.8, 4) is 0 Å². The van der Waals surface area contributed by atoms with Gasteiger partial charge in [-0.25, -0.2) is 4.39 Å². The Bertz CT molecular complexity index is 963. The van der Waals surface area contributed by atoms with Gasteiger partial charge < -0.3 is 15.1 Å². The van der Waals surface area contributed by atoms with Crippen LogP contribution in [-0.4, -0.2) is 35.7 Å². The Morgan fingerprint density at radius 3 is 2.37 bits per heavy atom. The number of anilines is 2. The lowest BCUT2D eigenvalue weighted by atomic mass is 10.0. The van der Waals surface area contributed by atoms with Gasteiger partial charge in [-0.1, -0.05) is 30.3 Å². The Labute approximate surface area is 174 Å². The molecule has 4 rings (SSSR count). The molecule has 2 aliphatic rings. The minimum absolute atomic E-state index is 0.0562. The molecule has 2 aromatic carbocycles. The van der Waals surface area contributed by atoms with Crippen molar-refractivity contribution in [1.82, 2.24) is 4.90 Å². The maximum atomic E-state index is 14.7. The van der Waals surface area contributed by atoms with E-state index in [0.717, 1.165) is 12.8 Å². The normalized spacial score (nSPS) is 17.9. The molecule has 2 fully saturated rings. The highest BCUT2D eigenvalue weighted by molar-refractivity contribution is 5.99. The van der Waals surface area contributed by atoms with E-state index in [9.17, 15) is 18.8 Å². The van der Waals surface area contributed by atoms with Gasteiger partial charge in [-0.05, 0) is 43.0 Å². The van der Waals surface area contributed by atoms with Crippen LogP contribution in [0.1, 0.15) is 43.7 Å². The third-order valence-corrected chi connectivity index (χ3v) is 5.61. The van der Waals surface area contributed by atoms with E-state index < -0.39 is 11.9 Å². The smallest absolute Gasteiger partial charge is 0.251 e. The number of carbonyl (C=O) groups excluding carboxylic acids is 3. The van der Waals surface area contributed by atoms with Gasteiger partial charge in [0.25, 0.3) is 5.91 Å². The summed E-state index contributed by atoms with van der Waals surface area (Å²) in [5, 5.41) is 2.75. The summed E-state index contributed by atoms with van der Waals surface area (Å²) in [6.45, 7) is 1.00. The monoisotopic (exact) mass is 409 g/mol. The maximum Gasteiger partial charge on any atom is 0.251 e. The van der Waals surface area contributed by atoms with E-state index in [-0.39, 0.29) is 23.4 Å². The number of benzene rings is 2. The van der Waals surface area contributed by atoms with Crippen LogP contribution in [0.2, 0.25) is 0 Å².